The topological polar surface area (TPSA) is 49.3 Å². The average molecular weight is 364 g/mol. The van der Waals surface area contributed by atoms with Gasteiger partial charge in [-0.05, 0) is 49.7 Å². The second-order valence-electron chi connectivity index (χ2n) is 8.53. The standard InChI is InChI=1S/C22H28N4O/c27-22(26-14-17-5-1-2-6-18(17)15-26)16-9-11-25(12-10-16)21-13-23-19-7-3-4-8-20(19)24-21/h3-4,7-8,13,16-18H,1-2,5-6,9-12,14-15H2. The number of fused-ring (bicyclic) bond motifs is 2. The number of para-hydroxylation sites is 2. The van der Waals surface area contributed by atoms with Crippen LogP contribution in [0.5, 0.6) is 0 Å². The van der Waals surface area contributed by atoms with Crippen LogP contribution in [0.1, 0.15) is 38.5 Å². The highest BCUT2D eigenvalue weighted by Crippen LogP contribution is 2.37. The molecular weight excluding hydrogens is 336 g/mol. The maximum absolute atomic E-state index is 13.0. The van der Waals surface area contributed by atoms with Crippen molar-refractivity contribution in [1.82, 2.24) is 14.9 Å². The van der Waals surface area contributed by atoms with Crippen molar-refractivity contribution < 1.29 is 4.79 Å². The predicted molar refractivity (Wildman–Crippen MR) is 107 cm³/mol. The number of piperidine rings is 1. The van der Waals surface area contributed by atoms with E-state index in [0.717, 1.165) is 67.7 Å². The van der Waals surface area contributed by atoms with E-state index in [4.69, 9.17) is 4.98 Å². The van der Waals surface area contributed by atoms with Gasteiger partial charge in [-0.2, -0.15) is 0 Å². The lowest BCUT2D eigenvalue weighted by atomic mass is 9.82. The summed E-state index contributed by atoms with van der Waals surface area (Å²) in [6.07, 6.45) is 9.10. The number of hydrogen-bond acceptors (Lipinski definition) is 4. The molecule has 1 aromatic heterocycles. The molecule has 2 atom stereocenters. The molecule has 2 aliphatic heterocycles. The van der Waals surface area contributed by atoms with Crippen LogP contribution in [0.4, 0.5) is 5.82 Å². The van der Waals surface area contributed by atoms with E-state index in [1.165, 1.54) is 25.7 Å². The highest BCUT2D eigenvalue weighted by molar-refractivity contribution is 5.79. The number of carbonyl (C=O) groups is 1. The zero-order valence-corrected chi connectivity index (χ0v) is 15.9. The number of anilines is 1. The number of carbonyl (C=O) groups excluding carboxylic acids is 1. The number of rotatable bonds is 2. The van der Waals surface area contributed by atoms with Crippen molar-refractivity contribution in [3.8, 4) is 0 Å². The minimum Gasteiger partial charge on any atom is -0.355 e. The predicted octanol–water partition coefficient (Wildman–Crippen LogP) is 3.49. The summed E-state index contributed by atoms with van der Waals surface area (Å²) in [5, 5.41) is 0. The van der Waals surface area contributed by atoms with Gasteiger partial charge in [-0.15, -0.1) is 0 Å². The third-order valence-electron chi connectivity index (χ3n) is 6.89. The maximum Gasteiger partial charge on any atom is 0.225 e. The van der Waals surface area contributed by atoms with Crippen LogP contribution in [0.15, 0.2) is 30.5 Å². The van der Waals surface area contributed by atoms with Crippen molar-refractivity contribution in [3.63, 3.8) is 0 Å². The van der Waals surface area contributed by atoms with Crippen LogP contribution in [0.2, 0.25) is 0 Å². The van der Waals surface area contributed by atoms with Crippen molar-refractivity contribution in [2.75, 3.05) is 31.1 Å². The monoisotopic (exact) mass is 364 g/mol. The lowest BCUT2D eigenvalue weighted by Gasteiger charge is -2.33. The Bertz CT molecular complexity index is 816. The second kappa shape index (κ2) is 7.10. The summed E-state index contributed by atoms with van der Waals surface area (Å²) < 4.78 is 0. The Kier molecular flexibility index (Phi) is 4.46. The molecule has 1 amide bonds. The molecule has 5 heteroatoms. The van der Waals surface area contributed by atoms with Gasteiger partial charge in [-0.1, -0.05) is 25.0 Å². The number of benzene rings is 1. The Labute approximate surface area is 160 Å². The fourth-order valence-electron chi connectivity index (χ4n) is 5.30. The van der Waals surface area contributed by atoms with Crippen molar-refractivity contribution >= 4 is 22.8 Å². The Hall–Kier alpha value is -2.17. The molecule has 1 saturated carbocycles. The Morgan fingerprint density at radius 2 is 1.59 bits per heavy atom. The molecule has 5 rings (SSSR count). The third kappa shape index (κ3) is 3.28. The Morgan fingerprint density at radius 3 is 2.30 bits per heavy atom. The number of nitrogens with zero attached hydrogens (tertiary/aromatic N) is 4. The molecule has 0 spiro atoms. The molecular formula is C22H28N4O. The lowest BCUT2D eigenvalue weighted by Crippen LogP contribution is -2.42. The normalized spacial score (nSPS) is 26.4. The number of aromatic nitrogens is 2. The molecule has 5 nitrogen and oxygen atoms in total. The molecule has 0 N–H and O–H groups in total. The zero-order chi connectivity index (χ0) is 18.2. The van der Waals surface area contributed by atoms with E-state index in [1.807, 2.05) is 30.5 Å². The van der Waals surface area contributed by atoms with Gasteiger partial charge in [-0.3, -0.25) is 9.78 Å². The van der Waals surface area contributed by atoms with E-state index in [9.17, 15) is 4.79 Å². The number of amides is 1. The quantitative estimate of drug-likeness (QED) is 0.818. The summed E-state index contributed by atoms with van der Waals surface area (Å²) >= 11 is 0. The van der Waals surface area contributed by atoms with Crippen LogP contribution in [0.3, 0.4) is 0 Å². The van der Waals surface area contributed by atoms with E-state index < -0.39 is 0 Å². The molecule has 1 aliphatic carbocycles. The number of hydrogen-bond donors (Lipinski definition) is 0. The molecule has 3 aliphatic rings. The van der Waals surface area contributed by atoms with Crippen molar-refractivity contribution in [2.24, 2.45) is 17.8 Å². The van der Waals surface area contributed by atoms with Gasteiger partial charge in [0.25, 0.3) is 0 Å². The molecule has 2 unspecified atom stereocenters. The van der Waals surface area contributed by atoms with Gasteiger partial charge in [0.05, 0.1) is 17.2 Å². The Morgan fingerprint density at radius 1 is 0.926 bits per heavy atom. The molecule has 0 bridgehead atoms. The smallest absolute Gasteiger partial charge is 0.225 e. The van der Waals surface area contributed by atoms with Gasteiger partial charge in [0.2, 0.25) is 5.91 Å². The van der Waals surface area contributed by atoms with Crippen molar-refractivity contribution in [3.05, 3.63) is 30.5 Å². The van der Waals surface area contributed by atoms with Crippen LogP contribution in [-0.2, 0) is 4.79 Å². The van der Waals surface area contributed by atoms with Crippen LogP contribution in [0, 0.1) is 17.8 Å². The van der Waals surface area contributed by atoms with Crippen LogP contribution in [-0.4, -0.2) is 47.0 Å². The SMILES string of the molecule is O=C(C1CCN(c2cnc3ccccc3n2)CC1)N1CC2CCCCC2C1. The van der Waals surface area contributed by atoms with E-state index >= 15 is 0 Å². The summed E-state index contributed by atoms with van der Waals surface area (Å²) in [5.74, 6) is 3.08. The van der Waals surface area contributed by atoms with Gasteiger partial charge in [0, 0.05) is 32.1 Å². The highest BCUT2D eigenvalue weighted by Gasteiger charge is 2.39. The molecule has 3 fully saturated rings. The van der Waals surface area contributed by atoms with Crippen LogP contribution < -0.4 is 4.90 Å². The maximum atomic E-state index is 13.0. The van der Waals surface area contributed by atoms with Gasteiger partial charge in [0.15, 0.2) is 0 Å². The van der Waals surface area contributed by atoms with E-state index in [1.54, 1.807) is 0 Å². The fraction of sp³-hybridized carbons (Fsp3) is 0.591. The summed E-state index contributed by atoms with van der Waals surface area (Å²) in [7, 11) is 0. The summed E-state index contributed by atoms with van der Waals surface area (Å²) in [6.45, 7) is 3.81. The minimum absolute atomic E-state index is 0.190. The van der Waals surface area contributed by atoms with Crippen LogP contribution >= 0.6 is 0 Å². The molecule has 27 heavy (non-hydrogen) atoms. The third-order valence-corrected chi connectivity index (χ3v) is 6.89. The summed E-state index contributed by atoms with van der Waals surface area (Å²) in [5.41, 5.74) is 1.87. The molecule has 0 radical (unpaired) electrons. The first-order chi connectivity index (χ1) is 13.3. The van der Waals surface area contributed by atoms with Gasteiger partial charge < -0.3 is 9.80 Å². The van der Waals surface area contributed by atoms with E-state index in [-0.39, 0.29) is 5.92 Å². The lowest BCUT2D eigenvalue weighted by molar-refractivity contribution is -0.135. The largest absolute Gasteiger partial charge is 0.355 e. The van der Waals surface area contributed by atoms with Gasteiger partial charge >= 0.3 is 0 Å². The minimum atomic E-state index is 0.190. The summed E-state index contributed by atoms with van der Waals surface area (Å²) in [6, 6.07) is 7.99. The van der Waals surface area contributed by atoms with Crippen molar-refractivity contribution in [1.29, 1.82) is 0 Å². The zero-order valence-electron chi connectivity index (χ0n) is 15.9. The first kappa shape index (κ1) is 17.0. The second-order valence-corrected chi connectivity index (χ2v) is 8.53. The molecule has 2 aromatic rings. The molecule has 1 aromatic carbocycles. The van der Waals surface area contributed by atoms with Gasteiger partial charge in [0.1, 0.15) is 5.82 Å². The highest BCUT2D eigenvalue weighted by atomic mass is 16.2. The number of likely N-dealkylation sites (tertiary alicyclic amines) is 1. The first-order valence-electron chi connectivity index (χ1n) is 10.5. The molecule has 3 heterocycles. The fourth-order valence-corrected chi connectivity index (χ4v) is 5.30. The average Bonchev–Trinajstić information content (AvgIpc) is 3.17. The van der Waals surface area contributed by atoms with Crippen molar-refractivity contribution in [2.45, 2.75) is 38.5 Å². The summed E-state index contributed by atoms with van der Waals surface area (Å²) in [4.78, 5) is 26.8. The van der Waals surface area contributed by atoms with Crippen LogP contribution in [0.25, 0.3) is 11.0 Å². The van der Waals surface area contributed by atoms with E-state index in [0.29, 0.717) is 5.91 Å². The van der Waals surface area contributed by atoms with E-state index in [2.05, 4.69) is 14.8 Å². The Balaban J connectivity index is 1.21. The molecule has 2 saturated heterocycles. The first-order valence-corrected chi connectivity index (χ1v) is 10.5. The van der Waals surface area contributed by atoms with Gasteiger partial charge in [-0.25, -0.2) is 4.98 Å². The molecule has 142 valence electrons.